The van der Waals surface area contributed by atoms with Crippen molar-refractivity contribution in [3.63, 3.8) is 0 Å². The lowest BCUT2D eigenvalue weighted by atomic mass is 10.4. The van der Waals surface area contributed by atoms with Gasteiger partial charge in [-0.05, 0) is 6.42 Å². The molecule has 0 bridgehead atoms. The van der Waals surface area contributed by atoms with Gasteiger partial charge in [-0.2, -0.15) is 0 Å². The Kier molecular flexibility index (Phi) is 4.04. The predicted octanol–water partition coefficient (Wildman–Crippen LogP) is 0.0128. The summed E-state index contributed by atoms with van der Waals surface area (Å²) < 4.78 is 5.17. The van der Waals surface area contributed by atoms with Crippen molar-refractivity contribution in [1.29, 1.82) is 0 Å². The highest BCUT2D eigenvalue weighted by molar-refractivity contribution is 5.47. The topological polar surface area (TPSA) is 32.8 Å². The molecule has 1 aliphatic heterocycles. The fourth-order valence-electron chi connectivity index (χ4n) is 1.25. The van der Waals surface area contributed by atoms with Crippen LogP contribution in [0.1, 0.15) is 13.3 Å². The number of rotatable bonds is 4. The van der Waals surface area contributed by atoms with Crippen LogP contribution in [0.25, 0.3) is 0 Å². The van der Waals surface area contributed by atoms with Crippen molar-refractivity contribution >= 4 is 6.41 Å². The van der Waals surface area contributed by atoms with Gasteiger partial charge in [-0.3, -0.25) is 9.80 Å². The first-order valence-corrected chi connectivity index (χ1v) is 4.36. The fraction of sp³-hybridized carbons (Fsp3) is 0.875. The number of hydrazine groups is 1. The predicted molar refractivity (Wildman–Crippen MR) is 45.1 cm³/mol. The van der Waals surface area contributed by atoms with Gasteiger partial charge in [-0.1, -0.05) is 6.92 Å². The van der Waals surface area contributed by atoms with Crippen LogP contribution in [-0.4, -0.2) is 49.3 Å². The molecule has 0 atom stereocenters. The van der Waals surface area contributed by atoms with Gasteiger partial charge in [-0.25, -0.2) is 5.01 Å². The Balaban J connectivity index is 2.34. The van der Waals surface area contributed by atoms with Crippen LogP contribution in [-0.2, 0) is 9.53 Å². The van der Waals surface area contributed by atoms with E-state index in [-0.39, 0.29) is 0 Å². The second-order valence-corrected chi connectivity index (χ2v) is 2.78. The van der Waals surface area contributed by atoms with Crippen LogP contribution in [0.2, 0.25) is 0 Å². The molecule has 69 valence electrons. The van der Waals surface area contributed by atoms with Crippen molar-refractivity contribution in [2.24, 2.45) is 0 Å². The summed E-state index contributed by atoms with van der Waals surface area (Å²) in [4.78, 5) is 10.5. The van der Waals surface area contributed by atoms with Gasteiger partial charge >= 0.3 is 6.41 Å². The molecule has 1 fully saturated rings. The minimum Gasteiger partial charge on any atom is -0.379 e. The minimum atomic E-state index is 0.710. The normalized spacial score (nSPS) is 19.1. The van der Waals surface area contributed by atoms with Gasteiger partial charge in [0.05, 0.1) is 13.2 Å². The lowest BCUT2D eigenvalue weighted by Crippen LogP contribution is -2.48. The smallest absolute Gasteiger partial charge is 0.327 e. The van der Waals surface area contributed by atoms with Crippen molar-refractivity contribution < 1.29 is 9.53 Å². The zero-order chi connectivity index (χ0) is 8.81. The van der Waals surface area contributed by atoms with Gasteiger partial charge < -0.3 is 4.74 Å². The number of amides is 1. The molecular formula is C8H15N2O2. The summed E-state index contributed by atoms with van der Waals surface area (Å²) in [6, 6.07) is 0. The van der Waals surface area contributed by atoms with E-state index in [9.17, 15) is 4.79 Å². The number of ether oxygens (including phenoxy) is 1. The van der Waals surface area contributed by atoms with Crippen LogP contribution in [0.5, 0.6) is 0 Å². The summed E-state index contributed by atoms with van der Waals surface area (Å²) in [7, 11) is 0. The van der Waals surface area contributed by atoms with Crippen molar-refractivity contribution in [3.8, 4) is 0 Å². The van der Waals surface area contributed by atoms with Crippen LogP contribution in [0, 0.1) is 0 Å². The van der Waals surface area contributed by atoms with E-state index in [0.29, 0.717) is 13.2 Å². The number of nitrogens with zero attached hydrogens (tertiary/aromatic N) is 2. The highest BCUT2D eigenvalue weighted by Crippen LogP contribution is 2.01. The Bertz CT molecular complexity index is 135. The van der Waals surface area contributed by atoms with Crippen LogP contribution in [0.15, 0.2) is 0 Å². The van der Waals surface area contributed by atoms with E-state index in [0.717, 1.165) is 26.1 Å². The Labute approximate surface area is 73.1 Å². The van der Waals surface area contributed by atoms with Gasteiger partial charge in [0.15, 0.2) is 0 Å². The fourth-order valence-corrected chi connectivity index (χ4v) is 1.25. The zero-order valence-electron chi connectivity index (χ0n) is 7.45. The third kappa shape index (κ3) is 2.46. The van der Waals surface area contributed by atoms with Gasteiger partial charge in [0.25, 0.3) is 0 Å². The van der Waals surface area contributed by atoms with E-state index in [1.165, 1.54) is 0 Å². The molecule has 0 aromatic rings. The number of hydrogen-bond donors (Lipinski definition) is 0. The average molecular weight is 171 g/mol. The molecule has 1 rings (SSSR count). The summed E-state index contributed by atoms with van der Waals surface area (Å²) in [5, 5.41) is 3.60. The SMILES string of the molecule is CCCN([C]=O)N1CCOCC1. The number of carbonyl (C=O) groups excluding carboxylic acids is 1. The standard InChI is InChI=1S/C8H15N2O2/c1-2-3-10(8-11)9-4-6-12-7-5-9/h2-7H2,1H3. The molecule has 0 N–H and O–H groups in total. The molecule has 12 heavy (non-hydrogen) atoms. The molecule has 0 spiro atoms. The molecule has 1 aliphatic rings. The van der Waals surface area contributed by atoms with Crippen LogP contribution < -0.4 is 0 Å². The molecule has 0 unspecified atom stereocenters. The second-order valence-electron chi connectivity index (χ2n) is 2.78. The lowest BCUT2D eigenvalue weighted by Gasteiger charge is -2.33. The lowest BCUT2D eigenvalue weighted by molar-refractivity contribution is -0.0508. The second kappa shape index (κ2) is 5.11. The summed E-state index contributed by atoms with van der Waals surface area (Å²) in [6.07, 6.45) is 2.89. The number of hydrogen-bond acceptors (Lipinski definition) is 3. The molecule has 1 amide bonds. The molecule has 1 saturated heterocycles. The molecule has 4 heteroatoms. The maximum absolute atomic E-state index is 10.5. The Morgan fingerprint density at radius 3 is 2.67 bits per heavy atom. The summed E-state index contributed by atoms with van der Waals surface area (Å²) in [6.45, 7) is 5.82. The Hall–Kier alpha value is -0.610. The van der Waals surface area contributed by atoms with E-state index in [4.69, 9.17) is 4.74 Å². The third-order valence-corrected chi connectivity index (χ3v) is 1.87. The summed E-state index contributed by atoms with van der Waals surface area (Å²) >= 11 is 0. The molecular weight excluding hydrogens is 156 g/mol. The van der Waals surface area contributed by atoms with Gasteiger partial charge in [0, 0.05) is 19.6 Å². The van der Waals surface area contributed by atoms with Crippen LogP contribution in [0.4, 0.5) is 0 Å². The monoisotopic (exact) mass is 171 g/mol. The van der Waals surface area contributed by atoms with Crippen molar-refractivity contribution in [3.05, 3.63) is 0 Å². The first-order chi connectivity index (χ1) is 5.88. The molecule has 0 aliphatic carbocycles. The van der Waals surface area contributed by atoms with E-state index in [2.05, 4.69) is 0 Å². The summed E-state index contributed by atoms with van der Waals surface area (Å²) in [5.41, 5.74) is 0. The Morgan fingerprint density at radius 2 is 2.17 bits per heavy atom. The van der Waals surface area contributed by atoms with Crippen LogP contribution >= 0.6 is 0 Å². The summed E-state index contributed by atoms with van der Waals surface area (Å²) in [5.74, 6) is 0. The van der Waals surface area contributed by atoms with Crippen molar-refractivity contribution in [2.75, 3.05) is 32.8 Å². The van der Waals surface area contributed by atoms with E-state index >= 15 is 0 Å². The largest absolute Gasteiger partial charge is 0.379 e. The van der Waals surface area contributed by atoms with Crippen molar-refractivity contribution in [2.45, 2.75) is 13.3 Å². The van der Waals surface area contributed by atoms with Gasteiger partial charge in [0.2, 0.25) is 0 Å². The van der Waals surface area contributed by atoms with E-state index < -0.39 is 0 Å². The highest BCUT2D eigenvalue weighted by Gasteiger charge is 2.16. The Morgan fingerprint density at radius 1 is 1.50 bits per heavy atom. The molecule has 1 heterocycles. The average Bonchev–Trinajstić information content (AvgIpc) is 2.15. The first-order valence-electron chi connectivity index (χ1n) is 4.36. The van der Waals surface area contributed by atoms with Gasteiger partial charge in [0.1, 0.15) is 0 Å². The van der Waals surface area contributed by atoms with E-state index in [1.807, 2.05) is 18.3 Å². The number of morpholine rings is 1. The molecule has 4 nitrogen and oxygen atoms in total. The molecule has 1 radical (unpaired) electrons. The zero-order valence-corrected chi connectivity index (χ0v) is 7.45. The quantitative estimate of drug-likeness (QED) is 0.559. The van der Waals surface area contributed by atoms with Crippen LogP contribution in [0.3, 0.4) is 0 Å². The third-order valence-electron chi connectivity index (χ3n) is 1.87. The minimum absolute atomic E-state index is 0.710. The maximum atomic E-state index is 10.5. The maximum Gasteiger partial charge on any atom is 0.327 e. The molecule has 0 saturated carbocycles. The van der Waals surface area contributed by atoms with Gasteiger partial charge in [-0.15, -0.1) is 0 Å². The molecule has 0 aromatic heterocycles. The first kappa shape index (κ1) is 9.48. The van der Waals surface area contributed by atoms with E-state index in [1.54, 1.807) is 5.01 Å². The highest BCUT2D eigenvalue weighted by atomic mass is 16.5. The van der Waals surface area contributed by atoms with Crippen molar-refractivity contribution in [1.82, 2.24) is 10.0 Å². The molecule has 0 aromatic carbocycles.